The molecule has 9 heteroatoms. The van der Waals surface area contributed by atoms with E-state index in [1.807, 2.05) is 25.1 Å². The van der Waals surface area contributed by atoms with Gasteiger partial charge in [-0.15, -0.1) is 6.58 Å². The van der Waals surface area contributed by atoms with Gasteiger partial charge >= 0.3 is 12.1 Å². The van der Waals surface area contributed by atoms with Gasteiger partial charge in [-0.2, -0.15) is 13.2 Å². The zero-order chi connectivity index (χ0) is 28.0. The molecule has 38 heavy (non-hydrogen) atoms. The van der Waals surface area contributed by atoms with Gasteiger partial charge in [-0.25, -0.2) is 0 Å². The lowest BCUT2D eigenvalue weighted by molar-refractivity contribution is -0.137. The van der Waals surface area contributed by atoms with E-state index in [1.165, 1.54) is 6.08 Å². The summed E-state index contributed by atoms with van der Waals surface area (Å²) >= 11 is 0. The van der Waals surface area contributed by atoms with Crippen LogP contribution in [0, 0.1) is 12.8 Å². The van der Waals surface area contributed by atoms with Gasteiger partial charge in [0.25, 0.3) is 5.91 Å². The smallest absolute Gasteiger partial charge is 0.412 e. The lowest BCUT2D eigenvalue weighted by atomic mass is 9.93. The summed E-state index contributed by atoms with van der Waals surface area (Å²) in [6.07, 6.45) is -1.33. The number of benzene rings is 2. The van der Waals surface area contributed by atoms with E-state index < -0.39 is 35.6 Å². The number of ether oxygens (including phenoxy) is 1. The van der Waals surface area contributed by atoms with Gasteiger partial charge in [0, 0.05) is 24.5 Å². The maximum Gasteiger partial charge on any atom is 0.412 e. The Morgan fingerprint density at radius 2 is 1.87 bits per heavy atom. The molecule has 0 saturated carbocycles. The highest BCUT2D eigenvalue weighted by molar-refractivity contribution is 5.94. The summed E-state index contributed by atoms with van der Waals surface area (Å²) in [5.41, 5.74) is 2.65. The number of carbonyl (C=O) groups is 2. The molecule has 1 aliphatic heterocycles. The number of aliphatic carboxylic acids is 1. The molecule has 1 aliphatic rings. The van der Waals surface area contributed by atoms with Crippen molar-refractivity contribution in [2.75, 3.05) is 0 Å². The third kappa shape index (κ3) is 7.27. The van der Waals surface area contributed by atoms with Crippen LogP contribution in [0.15, 0.2) is 78.0 Å². The van der Waals surface area contributed by atoms with Gasteiger partial charge in [0.15, 0.2) is 0 Å². The minimum atomic E-state index is -4.44. The van der Waals surface area contributed by atoms with Gasteiger partial charge < -0.3 is 20.5 Å². The van der Waals surface area contributed by atoms with Gasteiger partial charge in [0.1, 0.15) is 11.5 Å². The molecule has 1 amide bonds. The molecule has 202 valence electrons. The highest BCUT2D eigenvalue weighted by Gasteiger charge is 2.36. The zero-order valence-corrected chi connectivity index (χ0v) is 21.5. The first-order valence-corrected chi connectivity index (χ1v) is 12.1. The number of halogens is 3. The molecule has 3 rings (SSSR count). The minimum Gasteiger partial charge on any atom is -0.481 e. The van der Waals surface area contributed by atoms with E-state index in [1.54, 1.807) is 31.2 Å². The first-order valence-electron chi connectivity index (χ1n) is 12.1. The largest absolute Gasteiger partial charge is 0.481 e. The standard InChI is InChI=1S/C29H31F3N2O4/c1-5-25-24(14-18(3)29(30,31)32)19(4)27(34-25)28(37)33-16-20-7-6-8-22(15-20)38-23-11-9-21(17(2)13-23)10-12-26(35)36/h5-9,11,13-15,24-25,34H,1,10,12,16H2,2-4H3,(H,33,37)(H,35,36)/b18-14+. The second-order valence-electron chi connectivity index (χ2n) is 9.25. The van der Waals surface area contributed by atoms with Crippen molar-refractivity contribution in [1.82, 2.24) is 10.6 Å². The third-order valence-corrected chi connectivity index (χ3v) is 6.46. The quantitative estimate of drug-likeness (QED) is 0.331. The van der Waals surface area contributed by atoms with Crippen molar-refractivity contribution in [3.63, 3.8) is 0 Å². The Labute approximate surface area is 219 Å². The average Bonchev–Trinajstić information content (AvgIpc) is 3.16. The van der Waals surface area contributed by atoms with Crippen LogP contribution in [0.2, 0.25) is 0 Å². The molecule has 0 bridgehead atoms. The normalized spacial score (nSPS) is 17.7. The molecule has 1 heterocycles. The van der Waals surface area contributed by atoms with Crippen molar-refractivity contribution in [1.29, 1.82) is 0 Å². The van der Waals surface area contributed by atoms with Gasteiger partial charge in [-0.3, -0.25) is 9.59 Å². The molecular formula is C29H31F3N2O4. The highest BCUT2D eigenvalue weighted by Crippen LogP contribution is 2.33. The van der Waals surface area contributed by atoms with Crippen LogP contribution in [0.25, 0.3) is 0 Å². The number of carbonyl (C=O) groups excluding carboxylic acids is 1. The van der Waals surface area contributed by atoms with E-state index in [9.17, 15) is 22.8 Å². The van der Waals surface area contributed by atoms with Crippen molar-refractivity contribution in [3.8, 4) is 11.5 Å². The maximum atomic E-state index is 13.1. The molecule has 0 radical (unpaired) electrons. The Balaban J connectivity index is 1.66. The monoisotopic (exact) mass is 528 g/mol. The summed E-state index contributed by atoms with van der Waals surface area (Å²) in [6.45, 7) is 8.41. The zero-order valence-electron chi connectivity index (χ0n) is 21.5. The molecule has 6 nitrogen and oxygen atoms in total. The minimum absolute atomic E-state index is 0.0551. The molecule has 3 N–H and O–H groups in total. The lowest BCUT2D eigenvalue weighted by Crippen LogP contribution is -2.33. The van der Waals surface area contributed by atoms with Crippen molar-refractivity contribution in [2.24, 2.45) is 5.92 Å². The first kappa shape index (κ1) is 28.6. The summed E-state index contributed by atoms with van der Waals surface area (Å²) < 4.78 is 45.1. The molecule has 0 aromatic heterocycles. The van der Waals surface area contributed by atoms with E-state index in [4.69, 9.17) is 9.84 Å². The molecule has 0 saturated heterocycles. The summed E-state index contributed by atoms with van der Waals surface area (Å²) in [7, 11) is 0. The van der Waals surface area contributed by atoms with Crippen LogP contribution in [-0.4, -0.2) is 29.2 Å². The number of carboxylic acids is 1. The van der Waals surface area contributed by atoms with Gasteiger partial charge in [0.2, 0.25) is 0 Å². The average molecular weight is 529 g/mol. The van der Waals surface area contributed by atoms with Crippen LogP contribution in [0.4, 0.5) is 13.2 Å². The Kier molecular flexibility index (Phi) is 9.04. The lowest BCUT2D eigenvalue weighted by Gasteiger charge is -2.16. The van der Waals surface area contributed by atoms with Crippen molar-refractivity contribution >= 4 is 11.9 Å². The number of hydrogen-bond acceptors (Lipinski definition) is 4. The summed E-state index contributed by atoms with van der Waals surface area (Å²) in [6, 6.07) is 12.1. The van der Waals surface area contributed by atoms with Crippen LogP contribution < -0.4 is 15.4 Å². The number of carboxylic acid groups (broad SMARTS) is 1. The molecule has 0 aliphatic carbocycles. The first-order chi connectivity index (χ1) is 17.9. The predicted molar refractivity (Wildman–Crippen MR) is 139 cm³/mol. The molecule has 0 fully saturated rings. The molecule has 2 unspecified atom stereocenters. The third-order valence-electron chi connectivity index (χ3n) is 6.46. The van der Waals surface area contributed by atoms with E-state index in [-0.39, 0.29) is 18.7 Å². The molecule has 2 aromatic carbocycles. The SMILES string of the molecule is C=CC1NC(C(=O)NCc2cccc(Oc3ccc(CCC(=O)O)c(C)c3)c2)=C(C)C1/C=C(\C)C(F)(F)F. The highest BCUT2D eigenvalue weighted by atomic mass is 19.4. The summed E-state index contributed by atoms with van der Waals surface area (Å²) in [5, 5.41) is 14.7. The number of alkyl halides is 3. The van der Waals surface area contributed by atoms with Gasteiger partial charge in [-0.05, 0) is 73.7 Å². The molecular weight excluding hydrogens is 497 g/mol. The Morgan fingerprint density at radius 3 is 2.50 bits per heavy atom. The molecule has 0 spiro atoms. The fourth-order valence-electron chi connectivity index (χ4n) is 4.23. The number of hydrogen-bond donors (Lipinski definition) is 3. The second-order valence-corrected chi connectivity index (χ2v) is 9.25. The van der Waals surface area contributed by atoms with Gasteiger partial charge in [-0.1, -0.05) is 30.4 Å². The van der Waals surface area contributed by atoms with E-state index in [0.717, 1.165) is 29.7 Å². The number of nitrogens with one attached hydrogen (secondary N) is 2. The Hall–Kier alpha value is -4.01. The fourth-order valence-corrected chi connectivity index (χ4v) is 4.23. The summed E-state index contributed by atoms with van der Waals surface area (Å²) in [4.78, 5) is 23.7. The topological polar surface area (TPSA) is 87.7 Å². The maximum absolute atomic E-state index is 13.1. The fraction of sp³-hybridized carbons (Fsp3) is 0.310. The Bertz CT molecular complexity index is 1280. The molecule has 2 atom stereocenters. The molecule has 2 aromatic rings. The van der Waals surface area contributed by atoms with Crippen molar-refractivity contribution < 1.29 is 32.6 Å². The van der Waals surface area contributed by atoms with Crippen LogP contribution in [0.5, 0.6) is 11.5 Å². The number of amides is 1. The second kappa shape index (κ2) is 12.0. The number of aryl methyl sites for hydroxylation is 2. The van der Waals surface area contributed by atoms with E-state index in [0.29, 0.717) is 23.5 Å². The van der Waals surface area contributed by atoms with Crippen LogP contribution in [0.3, 0.4) is 0 Å². The van der Waals surface area contributed by atoms with Crippen LogP contribution in [0.1, 0.15) is 37.0 Å². The number of allylic oxidation sites excluding steroid dienone is 1. The van der Waals surface area contributed by atoms with E-state index in [2.05, 4.69) is 17.2 Å². The Morgan fingerprint density at radius 1 is 1.16 bits per heavy atom. The van der Waals surface area contributed by atoms with E-state index >= 15 is 0 Å². The van der Waals surface area contributed by atoms with Crippen molar-refractivity contribution in [3.05, 3.63) is 94.7 Å². The van der Waals surface area contributed by atoms with Crippen LogP contribution in [-0.2, 0) is 22.6 Å². The predicted octanol–water partition coefficient (Wildman–Crippen LogP) is 5.98. The van der Waals surface area contributed by atoms with Crippen LogP contribution >= 0.6 is 0 Å². The van der Waals surface area contributed by atoms with Crippen molar-refractivity contribution in [2.45, 2.75) is 52.4 Å². The summed E-state index contributed by atoms with van der Waals surface area (Å²) in [5.74, 6) is -0.748. The number of rotatable bonds is 10. The van der Waals surface area contributed by atoms with Gasteiger partial charge in [0.05, 0.1) is 11.7 Å².